The highest BCUT2D eigenvalue weighted by Gasteiger charge is 2.09. The molecule has 19 heavy (non-hydrogen) atoms. The Morgan fingerprint density at radius 3 is 2.53 bits per heavy atom. The van der Waals surface area contributed by atoms with Crippen LogP contribution >= 0.6 is 0 Å². The molecule has 0 amide bonds. The van der Waals surface area contributed by atoms with Crippen LogP contribution < -0.4 is 4.72 Å². The number of hydrogen-bond acceptors (Lipinski definition) is 4. The molecule has 7 heteroatoms. The summed E-state index contributed by atoms with van der Waals surface area (Å²) in [6.45, 7) is 0.120. The molecule has 0 radical (unpaired) electrons. The maximum atomic E-state index is 11.6. The van der Waals surface area contributed by atoms with E-state index in [4.69, 9.17) is 9.84 Å². The topological polar surface area (TPSA) is 92.7 Å². The fourth-order valence-corrected chi connectivity index (χ4v) is 2.24. The minimum Gasteiger partial charge on any atom is -0.478 e. The van der Waals surface area contributed by atoms with E-state index in [1.807, 2.05) is 0 Å². The van der Waals surface area contributed by atoms with Gasteiger partial charge in [0.25, 0.3) is 0 Å². The predicted octanol–water partition coefficient (Wildman–Crippen LogP) is 1.17. The van der Waals surface area contributed by atoms with E-state index in [0.717, 1.165) is 6.08 Å². The molecule has 6 nitrogen and oxygen atoms in total. The molecule has 1 aromatic rings. The number of hydrogen-bond donors (Lipinski definition) is 2. The van der Waals surface area contributed by atoms with Crippen LogP contribution in [0.25, 0.3) is 6.08 Å². The Morgan fingerprint density at radius 1 is 1.37 bits per heavy atom. The largest absolute Gasteiger partial charge is 0.478 e. The summed E-state index contributed by atoms with van der Waals surface area (Å²) in [6.07, 6.45) is 2.43. The Morgan fingerprint density at radius 2 is 2.00 bits per heavy atom. The van der Waals surface area contributed by atoms with Gasteiger partial charge in [0, 0.05) is 18.9 Å². The second-order valence-corrected chi connectivity index (χ2v) is 5.55. The van der Waals surface area contributed by atoms with Gasteiger partial charge in [-0.2, -0.15) is 0 Å². The lowest BCUT2D eigenvalue weighted by molar-refractivity contribution is -0.131. The SMILES string of the molecule is COCCS(=O)(=O)Nc1ccc(C=CC(=O)O)cc1. The van der Waals surface area contributed by atoms with E-state index in [1.165, 1.54) is 13.2 Å². The number of benzene rings is 1. The molecule has 0 bridgehead atoms. The fourth-order valence-electron chi connectivity index (χ4n) is 1.25. The Kier molecular flexibility index (Phi) is 5.53. The first-order valence-electron chi connectivity index (χ1n) is 5.43. The highest BCUT2D eigenvalue weighted by molar-refractivity contribution is 7.92. The highest BCUT2D eigenvalue weighted by atomic mass is 32.2. The first kappa shape index (κ1) is 15.2. The molecule has 0 aliphatic heterocycles. The van der Waals surface area contributed by atoms with E-state index in [2.05, 4.69) is 4.72 Å². The minimum atomic E-state index is -3.42. The van der Waals surface area contributed by atoms with Crippen LogP contribution in [0.3, 0.4) is 0 Å². The quantitative estimate of drug-likeness (QED) is 0.734. The van der Waals surface area contributed by atoms with Crippen molar-refractivity contribution in [3.8, 4) is 0 Å². The lowest BCUT2D eigenvalue weighted by Crippen LogP contribution is -2.19. The molecule has 0 saturated heterocycles. The van der Waals surface area contributed by atoms with Crippen molar-refractivity contribution in [2.24, 2.45) is 0 Å². The van der Waals surface area contributed by atoms with Crippen molar-refractivity contribution in [3.05, 3.63) is 35.9 Å². The molecular formula is C12H15NO5S. The van der Waals surface area contributed by atoms with Crippen LogP contribution in [0.2, 0.25) is 0 Å². The van der Waals surface area contributed by atoms with Crippen molar-refractivity contribution in [2.45, 2.75) is 0 Å². The number of anilines is 1. The Labute approximate surface area is 111 Å². The highest BCUT2D eigenvalue weighted by Crippen LogP contribution is 2.12. The molecule has 1 aromatic carbocycles. The zero-order valence-corrected chi connectivity index (χ0v) is 11.2. The van der Waals surface area contributed by atoms with Crippen LogP contribution in [0.15, 0.2) is 30.3 Å². The van der Waals surface area contributed by atoms with E-state index in [0.29, 0.717) is 11.3 Å². The fraction of sp³-hybridized carbons (Fsp3) is 0.250. The molecule has 0 aliphatic rings. The summed E-state index contributed by atoms with van der Waals surface area (Å²) < 4.78 is 30.3. The second-order valence-electron chi connectivity index (χ2n) is 3.71. The smallest absolute Gasteiger partial charge is 0.328 e. The van der Waals surface area contributed by atoms with Crippen LogP contribution in [-0.2, 0) is 19.6 Å². The summed E-state index contributed by atoms with van der Waals surface area (Å²) in [5.74, 6) is -1.16. The number of ether oxygens (including phenoxy) is 1. The number of methoxy groups -OCH3 is 1. The van der Waals surface area contributed by atoms with E-state index in [9.17, 15) is 13.2 Å². The third kappa shape index (κ3) is 6.03. The molecule has 0 saturated carbocycles. The molecule has 0 aromatic heterocycles. The molecule has 1 rings (SSSR count). The molecule has 0 unspecified atom stereocenters. The predicted molar refractivity (Wildman–Crippen MR) is 72.4 cm³/mol. The summed E-state index contributed by atoms with van der Waals surface area (Å²) in [7, 11) is -1.99. The van der Waals surface area contributed by atoms with Crippen LogP contribution in [0.5, 0.6) is 0 Å². The van der Waals surface area contributed by atoms with Crippen molar-refractivity contribution < 1.29 is 23.1 Å². The van der Waals surface area contributed by atoms with Crippen LogP contribution in [-0.4, -0.2) is 39.0 Å². The number of aliphatic carboxylic acids is 1. The monoisotopic (exact) mass is 285 g/mol. The number of carbonyl (C=O) groups is 1. The van der Waals surface area contributed by atoms with Gasteiger partial charge in [-0.1, -0.05) is 12.1 Å². The van der Waals surface area contributed by atoms with Gasteiger partial charge >= 0.3 is 5.97 Å². The number of carboxylic acids is 1. The summed E-state index contributed by atoms with van der Waals surface area (Å²) in [6, 6.07) is 6.36. The summed E-state index contributed by atoms with van der Waals surface area (Å²) in [5, 5.41) is 8.47. The molecule has 2 N–H and O–H groups in total. The third-order valence-corrected chi connectivity index (χ3v) is 3.41. The van der Waals surface area contributed by atoms with Gasteiger partial charge < -0.3 is 9.84 Å². The van der Waals surface area contributed by atoms with Crippen LogP contribution in [0.1, 0.15) is 5.56 Å². The number of rotatable bonds is 7. The number of sulfonamides is 1. The summed E-state index contributed by atoms with van der Waals surface area (Å²) in [5.41, 5.74) is 1.09. The van der Waals surface area contributed by atoms with Gasteiger partial charge in [-0.15, -0.1) is 0 Å². The van der Waals surface area contributed by atoms with E-state index in [-0.39, 0.29) is 12.4 Å². The maximum Gasteiger partial charge on any atom is 0.328 e. The first-order chi connectivity index (χ1) is 8.93. The Bertz CT molecular complexity index is 548. The van der Waals surface area contributed by atoms with Gasteiger partial charge in [0.15, 0.2) is 0 Å². The Hall–Kier alpha value is -1.86. The third-order valence-electron chi connectivity index (χ3n) is 2.16. The van der Waals surface area contributed by atoms with Crippen molar-refractivity contribution in [1.29, 1.82) is 0 Å². The first-order valence-corrected chi connectivity index (χ1v) is 7.09. The van der Waals surface area contributed by atoms with Crippen molar-refractivity contribution in [3.63, 3.8) is 0 Å². The van der Waals surface area contributed by atoms with E-state index < -0.39 is 16.0 Å². The van der Waals surface area contributed by atoms with Gasteiger partial charge in [0.05, 0.1) is 12.4 Å². The van der Waals surface area contributed by atoms with Crippen molar-refractivity contribution in [1.82, 2.24) is 0 Å². The molecule has 0 atom stereocenters. The summed E-state index contributed by atoms with van der Waals surface area (Å²) in [4.78, 5) is 10.3. The Balaban J connectivity index is 2.69. The molecule has 0 fully saturated rings. The van der Waals surface area contributed by atoms with Gasteiger partial charge in [-0.05, 0) is 23.8 Å². The standard InChI is InChI=1S/C12H15NO5S/c1-18-8-9-19(16,17)13-11-5-2-10(3-6-11)4-7-12(14)15/h2-7,13H,8-9H2,1H3,(H,14,15). The lowest BCUT2D eigenvalue weighted by Gasteiger charge is -2.07. The lowest BCUT2D eigenvalue weighted by atomic mass is 10.2. The molecule has 0 heterocycles. The zero-order chi connectivity index (χ0) is 14.3. The summed E-state index contributed by atoms with van der Waals surface area (Å²) >= 11 is 0. The normalized spacial score (nSPS) is 11.6. The molecule has 0 spiro atoms. The molecule has 0 aliphatic carbocycles. The van der Waals surface area contributed by atoms with E-state index >= 15 is 0 Å². The second kappa shape index (κ2) is 6.91. The van der Waals surface area contributed by atoms with Gasteiger partial charge in [-0.3, -0.25) is 4.72 Å². The van der Waals surface area contributed by atoms with Crippen molar-refractivity contribution in [2.75, 3.05) is 24.2 Å². The number of nitrogens with one attached hydrogen (secondary N) is 1. The average molecular weight is 285 g/mol. The zero-order valence-electron chi connectivity index (χ0n) is 10.4. The van der Waals surface area contributed by atoms with Crippen molar-refractivity contribution >= 4 is 27.8 Å². The van der Waals surface area contributed by atoms with Gasteiger partial charge in [0.2, 0.25) is 10.0 Å². The minimum absolute atomic E-state index is 0.120. The average Bonchev–Trinajstić information content (AvgIpc) is 2.35. The van der Waals surface area contributed by atoms with Crippen LogP contribution in [0.4, 0.5) is 5.69 Å². The van der Waals surface area contributed by atoms with Crippen LogP contribution in [0, 0.1) is 0 Å². The van der Waals surface area contributed by atoms with Gasteiger partial charge in [0.1, 0.15) is 0 Å². The maximum absolute atomic E-state index is 11.6. The molecular weight excluding hydrogens is 270 g/mol. The number of carboxylic acid groups (broad SMARTS) is 1. The molecule has 104 valence electrons. The van der Waals surface area contributed by atoms with E-state index in [1.54, 1.807) is 24.3 Å². The van der Waals surface area contributed by atoms with Gasteiger partial charge in [-0.25, -0.2) is 13.2 Å².